The second-order valence-corrected chi connectivity index (χ2v) is 6.22. The Morgan fingerprint density at radius 1 is 1.42 bits per heavy atom. The average molecular weight is 294 g/mol. The standard InChI is InChI=1S/C12H14N4OS2/c1-3-6-18-7-10-13-14-12-16(10)15-11(19-12)9-4-5-17-8(9)2/h4-5H,3,6-7H2,1-2H3. The monoisotopic (exact) mass is 294 g/mol. The minimum atomic E-state index is 0.836. The lowest BCUT2D eigenvalue weighted by atomic mass is 10.3. The van der Waals surface area contributed by atoms with Crippen molar-refractivity contribution >= 4 is 28.1 Å². The number of furan rings is 1. The van der Waals surface area contributed by atoms with Crippen LogP contribution in [0.15, 0.2) is 16.7 Å². The highest BCUT2D eigenvalue weighted by molar-refractivity contribution is 7.98. The van der Waals surface area contributed by atoms with Gasteiger partial charge in [-0.15, -0.1) is 10.2 Å². The van der Waals surface area contributed by atoms with E-state index in [0.29, 0.717) is 0 Å². The summed E-state index contributed by atoms with van der Waals surface area (Å²) in [6.07, 6.45) is 2.86. The molecular weight excluding hydrogens is 280 g/mol. The van der Waals surface area contributed by atoms with E-state index in [1.165, 1.54) is 17.8 Å². The van der Waals surface area contributed by atoms with Crippen LogP contribution < -0.4 is 0 Å². The molecule has 0 aliphatic carbocycles. The molecule has 3 aromatic heterocycles. The quantitative estimate of drug-likeness (QED) is 0.675. The zero-order valence-electron chi connectivity index (χ0n) is 10.8. The van der Waals surface area contributed by atoms with E-state index in [0.717, 1.165) is 38.6 Å². The van der Waals surface area contributed by atoms with Crippen LogP contribution >= 0.6 is 23.1 Å². The van der Waals surface area contributed by atoms with Crippen molar-refractivity contribution in [2.24, 2.45) is 0 Å². The predicted molar refractivity (Wildman–Crippen MR) is 77.6 cm³/mol. The Morgan fingerprint density at radius 2 is 2.32 bits per heavy atom. The first-order valence-corrected chi connectivity index (χ1v) is 8.10. The molecule has 3 heterocycles. The Kier molecular flexibility index (Phi) is 3.56. The van der Waals surface area contributed by atoms with Gasteiger partial charge in [-0.3, -0.25) is 0 Å². The van der Waals surface area contributed by atoms with Gasteiger partial charge >= 0.3 is 0 Å². The third-order valence-corrected chi connectivity index (χ3v) is 4.82. The molecule has 0 bridgehead atoms. The van der Waals surface area contributed by atoms with Crippen LogP contribution in [0.25, 0.3) is 15.5 Å². The zero-order valence-corrected chi connectivity index (χ0v) is 12.4. The molecule has 0 amide bonds. The minimum Gasteiger partial charge on any atom is -0.469 e. The third kappa shape index (κ3) is 2.40. The molecule has 0 spiro atoms. The van der Waals surface area contributed by atoms with E-state index < -0.39 is 0 Å². The van der Waals surface area contributed by atoms with Crippen LogP contribution in [-0.2, 0) is 5.75 Å². The largest absolute Gasteiger partial charge is 0.469 e. The van der Waals surface area contributed by atoms with Gasteiger partial charge in [0.05, 0.1) is 17.6 Å². The second kappa shape index (κ2) is 5.34. The molecular formula is C12H14N4OS2. The van der Waals surface area contributed by atoms with Crippen LogP contribution in [-0.4, -0.2) is 25.6 Å². The molecule has 0 saturated heterocycles. The first-order chi connectivity index (χ1) is 9.29. The van der Waals surface area contributed by atoms with Gasteiger partial charge in [0.15, 0.2) is 10.8 Å². The van der Waals surface area contributed by atoms with Crippen molar-refractivity contribution in [1.82, 2.24) is 19.8 Å². The highest BCUT2D eigenvalue weighted by Gasteiger charge is 2.15. The highest BCUT2D eigenvalue weighted by Crippen LogP contribution is 2.29. The fourth-order valence-electron chi connectivity index (χ4n) is 1.77. The van der Waals surface area contributed by atoms with Crippen LogP contribution in [0.2, 0.25) is 0 Å². The third-order valence-electron chi connectivity index (χ3n) is 2.72. The molecule has 5 nitrogen and oxygen atoms in total. The Balaban J connectivity index is 1.91. The van der Waals surface area contributed by atoms with Gasteiger partial charge in [-0.1, -0.05) is 18.3 Å². The summed E-state index contributed by atoms with van der Waals surface area (Å²) in [7, 11) is 0. The van der Waals surface area contributed by atoms with Crippen LogP contribution in [0.1, 0.15) is 24.9 Å². The zero-order chi connectivity index (χ0) is 13.2. The van der Waals surface area contributed by atoms with Gasteiger partial charge in [-0.25, -0.2) is 0 Å². The lowest BCUT2D eigenvalue weighted by Crippen LogP contribution is -1.94. The molecule has 100 valence electrons. The van der Waals surface area contributed by atoms with E-state index in [9.17, 15) is 0 Å². The van der Waals surface area contributed by atoms with Crippen molar-refractivity contribution in [3.8, 4) is 10.6 Å². The molecule has 0 aliphatic heterocycles. The number of hydrogen-bond acceptors (Lipinski definition) is 6. The maximum absolute atomic E-state index is 5.32. The summed E-state index contributed by atoms with van der Waals surface area (Å²) in [5.74, 6) is 3.78. The lowest BCUT2D eigenvalue weighted by Gasteiger charge is -1.95. The summed E-state index contributed by atoms with van der Waals surface area (Å²) in [5, 5.41) is 13.9. The van der Waals surface area contributed by atoms with E-state index in [4.69, 9.17) is 4.42 Å². The van der Waals surface area contributed by atoms with Crippen molar-refractivity contribution in [1.29, 1.82) is 0 Å². The molecule has 0 unspecified atom stereocenters. The minimum absolute atomic E-state index is 0.836. The first-order valence-electron chi connectivity index (χ1n) is 6.13. The van der Waals surface area contributed by atoms with Gasteiger partial charge in [0.2, 0.25) is 4.96 Å². The summed E-state index contributed by atoms with van der Waals surface area (Å²) in [4.78, 5) is 0.836. The molecule has 7 heteroatoms. The summed E-state index contributed by atoms with van der Waals surface area (Å²) in [6.45, 7) is 4.12. The Hall–Kier alpha value is -1.34. The number of nitrogens with zero attached hydrogens (tertiary/aromatic N) is 4. The summed E-state index contributed by atoms with van der Waals surface area (Å²) >= 11 is 3.40. The summed E-state index contributed by atoms with van der Waals surface area (Å²) in [6, 6.07) is 1.94. The van der Waals surface area contributed by atoms with Gasteiger partial charge in [-0.05, 0) is 25.2 Å². The van der Waals surface area contributed by atoms with Crippen LogP contribution in [0.3, 0.4) is 0 Å². The molecule has 0 fully saturated rings. The van der Waals surface area contributed by atoms with Crippen molar-refractivity contribution in [3.05, 3.63) is 23.9 Å². The van der Waals surface area contributed by atoms with Crippen LogP contribution in [0, 0.1) is 6.92 Å². The van der Waals surface area contributed by atoms with Crippen LogP contribution in [0.4, 0.5) is 0 Å². The summed E-state index contributed by atoms with van der Waals surface area (Å²) < 4.78 is 7.16. The predicted octanol–water partition coefficient (Wildman–Crippen LogP) is 3.40. The van der Waals surface area contributed by atoms with E-state index >= 15 is 0 Å². The van der Waals surface area contributed by atoms with E-state index in [1.807, 2.05) is 29.3 Å². The van der Waals surface area contributed by atoms with Crippen LogP contribution in [0.5, 0.6) is 0 Å². The van der Waals surface area contributed by atoms with Crippen molar-refractivity contribution in [3.63, 3.8) is 0 Å². The van der Waals surface area contributed by atoms with Gasteiger partial charge < -0.3 is 4.42 Å². The number of hydrogen-bond donors (Lipinski definition) is 0. The van der Waals surface area contributed by atoms with E-state index in [1.54, 1.807) is 6.26 Å². The number of aromatic nitrogens is 4. The number of aryl methyl sites for hydroxylation is 1. The Bertz CT molecular complexity index is 685. The molecule has 3 rings (SSSR count). The SMILES string of the molecule is CCCSCc1nnc2sc(-c3ccoc3C)nn12. The fourth-order valence-corrected chi connectivity index (χ4v) is 3.50. The molecule has 19 heavy (non-hydrogen) atoms. The molecule has 0 saturated carbocycles. The Morgan fingerprint density at radius 3 is 3.05 bits per heavy atom. The average Bonchev–Trinajstić information content (AvgIpc) is 3.05. The second-order valence-electron chi connectivity index (χ2n) is 4.16. The number of thioether (sulfide) groups is 1. The molecule has 0 atom stereocenters. The van der Waals surface area contributed by atoms with Crippen molar-refractivity contribution < 1.29 is 4.42 Å². The normalized spacial score (nSPS) is 11.5. The molecule has 0 aliphatic rings. The smallest absolute Gasteiger partial charge is 0.235 e. The van der Waals surface area contributed by atoms with Gasteiger partial charge in [0.25, 0.3) is 0 Å². The topological polar surface area (TPSA) is 56.2 Å². The Labute approximate surface area is 119 Å². The highest BCUT2D eigenvalue weighted by atomic mass is 32.2. The van der Waals surface area contributed by atoms with E-state index in [-0.39, 0.29) is 0 Å². The van der Waals surface area contributed by atoms with Crippen molar-refractivity contribution in [2.75, 3.05) is 5.75 Å². The van der Waals surface area contributed by atoms with E-state index in [2.05, 4.69) is 22.2 Å². The number of rotatable bonds is 5. The van der Waals surface area contributed by atoms with Gasteiger partial charge in [-0.2, -0.15) is 21.4 Å². The first kappa shape index (κ1) is 12.7. The lowest BCUT2D eigenvalue weighted by molar-refractivity contribution is 0.535. The summed E-state index contributed by atoms with van der Waals surface area (Å²) in [5.41, 5.74) is 1.03. The molecule has 0 aromatic carbocycles. The maximum atomic E-state index is 5.32. The van der Waals surface area contributed by atoms with Gasteiger partial charge in [0.1, 0.15) is 5.76 Å². The fraction of sp³-hybridized carbons (Fsp3) is 0.417. The molecule has 0 N–H and O–H groups in total. The maximum Gasteiger partial charge on any atom is 0.235 e. The van der Waals surface area contributed by atoms with Gasteiger partial charge in [0, 0.05) is 0 Å². The molecule has 0 radical (unpaired) electrons. The number of fused-ring (bicyclic) bond motifs is 1. The molecule has 3 aromatic rings. The van der Waals surface area contributed by atoms with Crippen molar-refractivity contribution in [2.45, 2.75) is 26.0 Å².